The van der Waals surface area contributed by atoms with E-state index >= 15 is 0 Å². The summed E-state index contributed by atoms with van der Waals surface area (Å²) in [6.07, 6.45) is 8.65. The van der Waals surface area contributed by atoms with Gasteiger partial charge in [-0.3, -0.25) is 9.80 Å². The lowest BCUT2D eigenvalue weighted by Crippen LogP contribution is -2.55. The van der Waals surface area contributed by atoms with Crippen LogP contribution in [0.3, 0.4) is 0 Å². The Balaban J connectivity index is 1.42. The molecule has 1 saturated carbocycles. The van der Waals surface area contributed by atoms with E-state index in [0.29, 0.717) is 0 Å². The average Bonchev–Trinajstić information content (AvgIpc) is 3.02. The van der Waals surface area contributed by atoms with Gasteiger partial charge < -0.3 is 4.90 Å². The maximum atomic E-state index is 2.79. The topological polar surface area (TPSA) is 9.72 Å². The fraction of sp³-hybridized carbons (Fsp3) is 1.00. The van der Waals surface area contributed by atoms with Crippen LogP contribution in [0.5, 0.6) is 0 Å². The summed E-state index contributed by atoms with van der Waals surface area (Å²) in [5, 5.41) is 0. The van der Waals surface area contributed by atoms with Crippen LogP contribution in [0, 0.1) is 0 Å². The molecule has 3 heteroatoms. The quantitative estimate of drug-likeness (QED) is 0.785. The molecule has 0 aromatic rings. The SMILES string of the molecule is CC(C)N1CCC(N2CCN(C3CCCC3)CC2)CC1. The van der Waals surface area contributed by atoms with E-state index in [1.165, 1.54) is 77.8 Å². The smallest absolute Gasteiger partial charge is 0.0121 e. The van der Waals surface area contributed by atoms with Crippen LogP contribution in [-0.2, 0) is 0 Å². The zero-order valence-corrected chi connectivity index (χ0v) is 13.6. The molecule has 116 valence electrons. The second-order valence-corrected chi connectivity index (χ2v) is 7.37. The third-order valence-corrected chi connectivity index (χ3v) is 5.94. The van der Waals surface area contributed by atoms with Gasteiger partial charge in [-0.05, 0) is 52.6 Å². The molecule has 3 fully saturated rings. The highest BCUT2D eigenvalue weighted by molar-refractivity contribution is 4.87. The number of piperidine rings is 1. The van der Waals surface area contributed by atoms with E-state index in [9.17, 15) is 0 Å². The third-order valence-electron chi connectivity index (χ3n) is 5.94. The Morgan fingerprint density at radius 2 is 1.10 bits per heavy atom. The van der Waals surface area contributed by atoms with Crippen LogP contribution in [0.2, 0.25) is 0 Å². The molecule has 3 aliphatic rings. The molecule has 0 N–H and O–H groups in total. The van der Waals surface area contributed by atoms with Crippen molar-refractivity contribution >= 4 is 0 Å². The van der Waals surface area contributed by atoms with Crippen molar-refractivity contribution < 1.29 is 0 Å². The van der Waals surface area contributed by atoms with E-state index in [-0.39, 0.29) is 0 Å². The molecule has 2 saturated heterocycles. The second kappa shape index (κ2) is 6.76. The first kappa shape index (κ1) is 14.8. The molecule has 0 radical (unpaired) electrons. The summed E-state index contributed by atoms with van der Waals surface area (Å²) in [6.45, 7) is 12.6. The molecule has 0 unspecified atom stereocenters. The number of hydrogen-bond acceptors (Lipinski definition) is 3. The first-order chi connectivity index (χ1) is 9.74. The van der Waals surface area contributed by atoms with Crippen molar-refractivity contribution in [3.63, 3.8) is 0 Å². The normalized spacial score (nSPS) is 29.6. The summed E-state index contributed by atoms with van der Waals surface area (Å²) in [5.41, 5.74) is 0. The van der Waals surface area contributed by atoms with E-state index in [0.717, 1.165) is 18.1 Å². The summed E-state index contributed by atoms with van der Waals surface area (Å²) < 4.78 is 0. The van der Waals surface area contributed by atoms with Gasteiger partial charge >= 0.3 is 0 Å². The number of likely N-dealkylation sites (tertiary alicyclic amines) is 1. The highest BCUT2D eigenvalue weighted by Gasteiger charge is 2.30. The zero-order valence-electron chi connectivity index (χ0n) is 13.6. The van der Waals surface area contributed by atoms with Gasteiger partial charge in [0, 0.05) is 44.3 Å². The Morgan fingerprint density at radius 3 is 1.55 bits per heavy atom. The highest BCUT2D eigenvalue weighted by atomic mass is 15.3. The van der Waals surface area contributed by atoms with Gasteiger partial charge in [-0.1, -0.05) is 12.8 Å². The molecule has 3 rings (SSSR count). The van der Waals surface area contributed by atoms with Gasteiger partial charge in [-0.2, -0.15) is 0 Å². The Morgan fingerprint density at radius 1 is 0.650 bits per heavy atom. The van der Waals surface area contributed by atoms with Gasteiger partial charge in [0.25, 0.3) is 0 Å². The number of piperazine rings is 1. The molecule has 3 nitrogen and oxygen atoms in total. The van der Waals surface area contributed by atoms with Crippen LogP contribution in [0.1, 0.15) is 52.4 Å². The van der Waals surface area contributed by atoms with Crippen LogP contribution >= 0.6 is 0 Å². The second-order valence-electron chi connectivity index (χ2n) is 7.37. The fourth-order valence-corrected chi connectivity index (χ4v) is 4.50. The van der Waals surface area contributed by atoms with E-state index in [1.54, 1.807) is 0 Å². The van der Waals surface area contributed by atoms with Gasteiger partial charge in [-0.25, -0.2) is 0 Å². The largest absolute Gasteiger partial charge is 0.301 e. The van der Waals surface area contributed by atoms with Crippen LogP contribution < -0.4 is 0 Å². The Bertz CT molecular complexity index is 283. The maximum absolute atomic E-state index is 2.79. The third kappa shape index (κ3) is 3.37. The molecule has 0 aromatic heterocycles. The Hall–Kier alpha value is -0.120. The van der Waals surface area contributed by atoms with E-state index < -0.39 is 0 Å². The summed E-state index contributed by atoms with van der Waals surface area (Å²) in [5.74, 6) is 0. The van der Waals surface area contributed by atoms with Crippen LogP contribution in [-0.4, -0.2) is 72.1 Å². The lowest BCUT2D eigenvalue weighted by Gasteiger charge is -2.44. The van der Waals surface area contributed by atoms with Crippen LogP contribution in [0.15, 0.2) is 0 Å². The average molecular weight is 279 g/mol. The predicted molar refractivity (Wildman–Crippen MR) is 85.1 cm³/mol. The monoisotopic (exact) mass is 279 g/mol. The summed E-state index contributed by atoms with van der Waals surface area (Å²) in [7, 11) is 0. The molecule has 20 heavy (non-hydrogen) atoms. The van der Waals surface area contributed by atoms with Gasteiger partial charge in [0.1, 0.15) is 0 Å². The van der Waals surface area contributed by atoms with Crippen molar-refractivity contribution in [1.82, 2.24) is 14.7 Å². The van der Waals surface area contributed by atoms with Crippen LogP contribution in [0.25, 0.3) is 0 Å². The fourth-order valence-electron chi connectivity index (χ4n) is 4.50. The molecule has 0 aromatic carbocycles. The number of nitrogens with zero attached hydrogens (tertiary/aromatic N) is 3. The van der Waals surface area contributed by atoms with Crippen LogP contribution in [0.4, 0.5) is 0 Å². The maximum Gasteiger partial charge on any atom is 0.0121 e. The van der Waals surface area contributed by atoms with Gasteiger partial charge in [0.2, 0.25) is 0 Å². The molecule has 0 bridgehead atoms. The van der Waals surface area contributed by atoms with Crippen molar-refractivity contribution in [3.8, 4) is 0 Å². The summed E-state index contributed by atoms with van der Waals surface area (Å²) in [6, 6.07) is 2.53. The Labute approximate surface area is 125 Å². The lowest BCUT2D eigenvalue weighted by atomic mass is 10.0. The predicted octanol–water partition coefficient (Wildman–Crippen LogP) is 2.42. The van der Waals surface area contributed by atoms with E-state index in [1.807, 2.05) is 0 Å². The molecular formula is C17H33N3. The van der Waals surface area contributed by atoms with Crippen molar-refractivity contribution in [2.24, 2.45) is 0 Å². The van der Waals surface area contributed by atoms with Crippen molar-refractivity contribution in [3.05, 3.63) is 0 Å². The molecule has 1 aliphatic carbocycles. The van der Waals surface area contributed by atoms with E-state index in [2.05, 4.69) is 28.5 Å². The van der Waals surface area contributed by atoms with Gasteiger partial charge in [0.15, 0.2) is 0 Å². The molecule has 2 heterocycles. The summed E-state index contributed by atoms with van der Waals surface area (Å²) >= 11 is 0. The minimum atomic E-state index is 0.732. The van der Waals surface area contributed by atoms with Gasteiger partial charge in [0.05, 0.1) is 0 Å². The standard InChI is InChI=1S/C17H33N3/c1-15(2)18-9-7-17(8-10-18)20-13-11-19(12-14-20)16-5-3-4-6-16/h15-17H,3-14H2,1-2H3. The Kier molecular flexibility index (Phi) is 5.00. The summed E-state index contributed by atoms with van der Waals surface area (Å²) in [4.78, 5) is 8.22. The lowest BCUT2D eigenvalue weighted by molar-refractivity contribution is 0.0383. The molecule has 2 aliphatic heterocycles. The van der Waals surface area contributed by atoms with Crippen molar-refractivity contribution in [2.45, 2.75) is 70.5 Å². The van der Waals surface area contributed by atoms with Crippen molar-refractivity contribution in [1.29, 1.82) is 0 Å². The minimum Gasteiger partial charge on any atom is -0.301 e. The molecular weight excluding hydrogens is 246 g/mol. The molecule has 0 amide bonds. The molecule has 0 atom stereocenters. The first-order valence-electron chi connectivity index (χ1n) is 8.96. The van der Waals surface area contributed by atoms with Gasteiger partial charge in [-0.15, -0.1) is 0 Å². The highest BCUT2D eigenvalue weighted by Crippen LogP contribution is 2.26. The molecule has 0 spiro atoms. The minimum absolute atomic E-state index is 0.732. The van der Waals surface area contributed by atoms with Crippen molar-refractivity contribution in [2.75, 3.05) is 39.3 Å². The number of rotatable bonds is 3. The number of hydrogen-bond donors (Lipinski definition) is 0. The first-order valence-corrected chi connectivity index (χ1v) is 8.96. The zero-order chi connectivity index (χ0) is 13.9. The van der Waals surface area contributed by atoms with E-state index in [4.69, 9.17) is 0 Å².